The Morgan fingerprint density at radius 3 is 2.56 bits per heavy atom. The molecule has 162 valence electrons. The maximum Gasteiger partial charge on any atom is 0.273 e. The first kappa shape index (κ1) is 20.9. The van der Waals surface area contributed by atoms with E-state index in [1.807, 2.05) is 0 Å². The number of hydrogen-bond acceptors (Lipinski definition) is 4. The summed E-state index contributed by atoms with van der Waals surface area (Å²) in [5, 5.41) is 18.5. The van der Waals surface area contributed by atoms with E-state index in [4.69, 9.17) is 27.9 Å². The van der Waals surface area contributed by atoms with Gasteiger partial charge < -0.3 is 10.1 Å². The SMILES string of the molecule is N#Cc1c(C(=O)NC2CC3CCC2C3)nn(-c2ccccc2Cl)c1Oc1ccc(Cl)cc1. The van der Waals surface area contributed by atoms with Crippen LogP contribution in [0.2, 0.25) is 10.0 Å². The van der Waals surface area contributed by atoms with Crippen LogP contribution in [-0.4, -0.2) is 21.7 Å². The fourth-order valence-electron chi connectivity index (χ4n) is 4.82. The summed E-state index contributed by atoms with van der Waals surface area (Å²) >= 11 is 12.4. The fraction of sp³-hybridized carbons (Fsp3) is 0.292. The average molecular weight is 467 g/mol. The molecule has 2 fully saturated rings. The van der Waals surface area contributed by atoms with Crippen LogP contribution >= 0.6 is 23.2 Å². The van der Waals surface area contributed by atoms with Crippen molar-refractivity contribution < 1.29 is 9.53 Å². The van der Waals surface area contributed by atoms with E-state index in [2.05, 4.69) is 16.5 Å². The lowest BCUT2D eigenvalue weighted by Gasteiger charge is -2.22. The molecule has 1 aromatic heterocycles. The Morgan fingerprint density at radius 1 is 1.12 bits per heavy atom. The number of nitrogens with one attached hydrogen (secondary N) is 1. The molecule has 1 N–H and O–H groups in total. The van der Waals surface area contributed by atoms with Gasteiger partial charge in [-0.3, -0.25) is 4.79 Å². The highest BCUT2D eigenvalue weighted by Gasteiger charge is 2.41. The summed E-state index contributed by atoms with van der Waals surface area (Å²) in [7, 11) is 0. The van der Waals surface area contributed by atoms with E-state index in [9.17, 15) is 10.1 Å². The van der Waals surface area contributed by atoms with Gasteiger partial charge in [0.1, 0.15) is 17.4 Å². The molecule has 3 atom stereocenters. The highest BCUT2D eigenvalue weighted by Crippen LogP contribution is 2.44. The second kappa shape index (κ2) is 8.50. The number of halogens is 2. The molecule has 0 aliphatic heterocycles. The van der Waals surface area contributed by atoms with Crippen molar-refractivity contribution in [3.8, 4) is 23.4 Å². The highest BCUT2D eigenvalue weighted by molar-refractivity contribution is 6.32. The van der Waals surface area contributed by atoms with Crippen LogP contribution in [-0.2, 0) is 0 Å². The van der Waals surface area contributed by atoms with Crippen molar-refractivity contribution in [2.45, 2.75) is 31.7 Å². The number of carbonyl (C=O) groups excluding carboxylic acids is 1. The zero-order valence-electron chi connectivity index (χ0n) is 17.1. The number of ether oxygens (including phenoxy) is 1. The van der Waals surface area contributed by atoms with Gasteiger partial charge in [-0.25, -0.2) is 0 Å². The first-order chi connectivity index (χ1) is 15.5. The number of nitrogens with zero attached hydrogens (tertiary/aromatic N) is 3. The van der Waals surface area contributed by atoms with Gasteiger partial charge in [0.15, 0.2) is 5.69 Å². The number of aromatic nitrogens is 2. The van der Waals surface area contributed by atoms with E-state index < -0.39 is 0 Å². The monoisotopic (exact) mass is 466 g/mol. The Balaban J connectivity index is 1.55. The third kappa shape index (κ3) is 3.83. The van der Waals surface area contributed by atoms with Crippen molar-refractivity contribution in [1.82, 2.24) is 15.1 Å². The summed E-state index contributed by atoms with van der Waals surface area (Å²) in [6.07, 6.45) is 4.52. The molecule has 0 spiro atoms. The Kier molecular flexibility index (Phi) is 5.54. The Bertz CT molecular complexity index is 1220. The number of fused-ring (bicyclic) bond motifs is 2. The lowest BCUT2D eigenvalue weighted by Crippen LogP contribution is -2.39. The van der Waals surface area contributed by atoms with E-state index in [1.54, 1.807) is 48.5 Å². The maximum absolute atomic E-state index is 13.2. The molecule has 6 nitrogen and oxygen atoms in total. The third-order valence-corrected chi connectivity index (χ3v) is 6.90. The van der Waals surface area contributed by atoms with Gasteiger partial charge in [0.25, 0.3) is 5.91 Å². The normalized spacial score (nSPS) is 21.3. The quantitative estimate of drug-likeness (QED) is 0.517. The third-order valence-electron chi connectivity index (χ3n) is 6.33. The molecular formula is C24H20Cl2N4O2. The first-order valence-electron chi connectivity index (χ1n) is 10.6. The molecule has 3 unspecified atom stereocenters. The van der Waals surface area contributed by atoms with Crippen molar-refractivity contribution in [3.63, 3.8) is 0 Å². The van der Waals surface area contributed by atoms with Gasteiger partial charge >= 0.3 is 0 Å². The van der Waals surface area contributed by atoms with Gasteiger partial charge in [0.2, 0.25) is 5.88 Å². The van der Waals surface area contributed by atoms with Gasteiger partial charge in [-0.1, -0.05) is 41.8 Å². The molecule has 0 radical (unpaired) electrons. The smallest absolute Gasteiger partial charge is 0.273 e. The Labute approximate surface area is 195 Å². The summed E-state index contributed by atoms with van der Waals surface area (Å²) in [5.74, 6) is 1.40. The predicted octanol–water partition coefficient (Wildman–Crippen LogP) is 5.76. The van der Waals surface area contributed by atoms with Crippen LogP contribution in [0.1, 0.15) is 41.7 Å². The topological polar surface area (TPSA) is 79.9 Å². The van der Waals surface area contributed by atoms with Gasteiger partial charge in [-0.15, -0.1) is 0 Å². The number of benzene rings is 2. The van der Waals surface area contributed by atoms with Crippen molar-refractivity contribution in [1.29, 1.82) is 5.26 Å². The number of nitriles is 1. The minimum Gasteiger partial charge on any atom is -0.438 e. The number of hydrogen-bond donors (Lipinski definition) is 1. The van der Waals surface area contributed by atoms with Crippen LogP contribution in [0.4, 0.5) is 0 Å². The van der Waals surface area contributed by atoms with Crippen molar-refractivity contribution in [2.24, 2.45) is 11.8 Å². The molecule has 5 rings (SSSR count). The van der Waals surface area contributed by atoms with E-state index in [0.717, 1.165) is 19.3 Å². The molecule has 3 aromatic rings. The number of para-hydroxylation sites is 1. The van der Waals surface area contributed by atoms with Crippen molar-refractivity contribution in [2.75, 3.05) is 0 Å². The molecule has 8 heteroatoms. The molecule has 2 saturated carbocycles. The zero-order chi connectivity index (χ0) is 22.2. The Morgan fingerprint density at radius 2 is 1.91 bits per heavy atom. The van der Waals surface area contributed by atoms with Crippen LogP contribution in [0.3, 0.4) is 0 Å². The second-order valence-corrected chi connectivity index (χ2v) is 9.16. The molecule has 2 bridgehead atoms. The van der Waals surface area contributed by atoms with Crippen LogP contribution in [0.25, 0.3) is 5.69 Å². The highest BCUT2D eigenvalue weighted by atomic mass is 35.5. The molecule has 2 aliphatic carbocycles. The summed E-state index contributed by atoms with van der Waals surface area (Å²) in [6, 6.07) is 16.0. The number of amides is 1. The van der Waals surface area contributed by atoms with Crippen LogP contribution in [0, 0.1) is 23.2 Å². The van der Waals surface area contributed by atoms with Gasteiger partial charge in [0.05, 0.1) is 10.7 Å². The summed E-state index contributed by atoms with van der Waals surface area (Å²) in [5.41, 5.74) is 0.591. The molecule has 32 heavy (non-hydrogen) atoms. The summed E-state index contributed by atoms with van der Waals surface area (Å²) in [6.45, 7) is 0. The van der Waals surface area contributed by atoms with Gasteiger partial charge in [0, 0.05) is 11.1 Å². The fourth-order valence-corrected chi connectivity index (χ4v) is 5.16. The molecule has 1 heterocycles. The molecule has 0 saturated heterocycles. The van der Waals surface area contributed by atoms with E-state index in [1.165, 1.54) is 11.1 Å². The minimum atomic E-state index is -0.370. The maximum atomic E-state index is 13.2. The van der Waals surface area contributed by atoms with Crippen LogP contribution in [0.15, 0.2) is 48.5 Å². The summed E-state index contributed by atoms with van der Waals surface area (Å²) in [4.78, 5) is 13.2. The lowest BCUT2D eigenvalue weighted by molar-refractivity contribution is 0.0917. The van der Waals surface area contributed by atoms with Gasteiger partial charge in [-0.2, -0.15) is 15.0 Å². The molecule has 2 aromatic carbocycles. The van der Waals surface area contributed by atoms with E-state index in [-0.39, 0.29) is 29.1 Å². The number of rotatable bonds is 5. The van der Waals surface area contributed by atoms with Crippen molar-refractivity contribution in [3.05, 3.63) is 69.8 Å². The van der Waals surface area contributed by atoms with E-state index in [0.29, 0.717) is 33.3 Å². The Hall–Kier alpha value is -3.01. The summed E-state index contributed by atoms with van der Waals surface area (Å²) < 4.78 is 7.43. The van der Waals surface area contributed by atoms with Gasteiger partial charge in [-0.05, 0) is 67.5 Å². The predicted molar refractivity (Wildman–Crippen MR) is 122 cm³/mol. The molecule has 1 amide bonds. The van der Waals surface area contributed by atoms with Crippen LogP contribution < -0.4 is 10.1 Å². The number of carbonyl (C=O) groups is 1. The molecule has 2 aliphatic rings. The second-order valence-electron chi connectivity index (χ2n) is 8.31. The largest absolute Gasteiger partial charge is 0.438 e. The first-order valence-corrected chi connectivity index (χ1v) is 11.3. The zero-order valence-corrected chi connectivity index (χ0v) is 18.6. The van der Waals surface area contributed by atoms with Crippen molar-refractivity contribution >= 4 is 29.1 Å². The average Bonchev–Trinajstić information content (AvgIpc) is 3.50. The standard InChI is InChI=1S/C24H20Cl2N4O2/c25-16-7-9-17(10-8-16)32-24-18(13-27)22(29-30(24)21-4-2-1-3-19(21)26)23(31)28-20-12-14-5-6-15(20)11-14/h1-4,7-10,14-15,20H,5-6,11-12H2,(H,28,31). The van der Waals surface area contributed by atoms with E-state index >= 15 is 0 Å². The van der Waals surface area contributed by atoms with Crippen LogP contribution in [0.5, 0.6) is 11.6 Å². The lowest BCUT2D eigenvalue weighted by atomic mass is 9.95. The minimum absolute atomic E-state index is 0.0270. The molecular weight excluding hydrogens is 447 g/mol.